The highest BCUT2D eigenvalue weighted by molar-refractivity contribution is 6.15. The van der Waals surface area contributed by atoms with Crippen LogP contribution in [0.3, 0.4) is 0 Å². The number of carbonyl (C=O) groups excluding carboxylic acids is 2. The van der Waals surface area contributed by atoms with E-state index in [0.29, 0.717) is 39.7 Å². The fourth-order valence-electron chi connectivity index (χ4n) is 3.34. The van der Waals surface area contributed by atoms with Crippen LogP contribution in [0.1, 0.15) is 31.8 Å². The zero-order chi connectivity index (χ0) is 20.7. The third kappa shape index (κ3) is 3.16. The van der Waals surface area contributed by atoms with Crippen LogP contribution in [-0.2, 0) is 0 Å². The number of nitrogens with zero attached hydrogens (tertiary/aromatic N) is 1. The molecule has 2 aromatic carbocycles. The van der Waals surface area contributed by atoms with Crippen LogP contribution in [0.4, 0.5) is 0 Å². The van der Waals surface area contributed by atoms with Gasteiger partial charge in [-0.1, -0.05) is 6.07 Å². The summed E-state index contributed by atoms with van der Waals surface area (Å²) >= 11 is 0. The lowest BCUT2D eigenvalue weighted by Gasteiger charge is -2.07. The molecule has 3 aromatic rings. The molecule has 0 amide bonds. The number of rotatable bonds is 3. The first kappa shape index (κ1) is 17.9. The van der Waals surface area contributed by atoms with E-state index >= 15 is 0 Å². The van der Waals surface area contributed by atoms with Gasteiger partial charge in [0, 0.05) is 18.5 Å². The van der Waals surface area contributed by atoms with Crippen LogP contribution in [0.5, 0.6) is 23.0 Å². The zero-order valence-corrected chi connectivity index (χ0v) is 15.9. The molecule has 0 bridgehead atoms. The Balaban J connectivity index is 1.42. The Morgan fingerprint density at radius 3 is 2.67 bits per heavy atom. The van der Waals surface area contributed by atoms with Crippen LogP contribution in [0.2, 0.25) is 0 Å². The molecule has 0 N–H and O–H groups in total. The minimum absolute atomic E-state index is 0.177. The second-order valence-corrected chi connectivity index (χ2v) is 6.79. The highest BCUT2D eigenvalue weighted by atomic mass is 16.7. The molecule has 0 aliphatic carbocycles. The maximum Gasteiger partial charge on any atom is 0.343 e. The number of benzene rings is 2. The molecule has 5 rings (SSSR count). The molecule has 0 atom stereocenters. The smallest absolute Gasteiger partial charge is 0.343 e. The van der Waals surface area contributed by atoms with Gasteiger partial charge in [-0.25, -0.2) is 4.79 Å². The van der Waals surface area contributed by atoms with Crippen molar-refractivity contribution in [2.45, 2.75) is 6.92 Å². The van der Waals surface area contributed by atoms with Gasteiger partial charge in [0.25, 0.3) is 0 Å². The Kier molecular flexibility index (Phi) is 4.21. The Morgan fingerprint density at radius 1 is 1.03 bits per heavy atom. The van der Waals surface area contributed by atoms with E-state index in [0.717, 1.165) is 5.56 Å². The second-order valence-electron chi connectivity index (χ2n) is 6.79. The van der Waals surface area contributed by atoms with Gasteiger partial charge in [-0.15, -0.1) is 0 Å². The molecule has 0 unspecified atom stereocenters. The minimum atomic E-state index is -0.516. The summed E-state index contributed by atoms with van der Waals surface area (Å²) < 4.78 is 21.9. The molecular weight excluding hydrogens is 386 g/mol. The number of fused-ring (bicyclic) bond motifs is 2. The number of aryl methyl sites for hydroxylation is 1. The van der Waals surface area contributed by atoms with Crippen LogP contribution in [0.15, 0.2) is 60.6 Å². The maximum absolute atomic E-state index is 12.8. The Morgan fingerprint density at radius 2 is 1.83 bits per heavy atom. The molecule has 7 nitrogen and oxygen atoms in total. The van der Waals surface area contributed by atoms with E-state index in [4.69, 9.17) is 18.9 Å². The normalized spacial score (nSPS) is 15.1. The molecule has 0 radical (unpaired) electrons. The van der Waals surface area contributed by atoms with Gasteiger partial charge in [0.05, 0.1) is 11.1 Å². The number of esters is 1. The largest absolute Gasteiger partial charge is 0.454 e. The summed E-state index contributed by atoms with van der Waals surface area (Å²) in [6, 6.07) is 11.7. The fourth-order valence-corrected chi connectivity index (χ4v) is 3.34. The molecule has 0 saturated heterocycles. The number of hydrogen-bond donors (Lipinski definition) is 0. The van der Waals surface area contributed by atoms with Crippen molar-refractivity contribution in [3.8, 4) is 23.0 Å². The molecule has 148 valence electrons. The van der Waals surface area contributed by atoms with E-state index in [2.05, 4.69) is 4.98 Å². The third-order valence-corrected chi connectivity index (χ3v) is 4.76. The maximum atomic E-state index is 12.8. The van der Waals surface area contributed by atoms with Crippen molar-refractivity contribution in [2.75, 3.05) is 6.79 Å². The number of ether oxygens (including phenoxy) is 4. The first-order valence-electron chi connectivity index (χ1n) is 9.19. The first-order valence-corrected chi connectivity index (χ1v) is 9.19. The summed E-state index contributed by atoms with van der Waals surface area (Å²) in [4.78, 5) is 29.0. The number of aromatic nitrogens is 1. The van der Waals surface area contributed by atoms with Crippen molar-refractivity contribution in [1.82, 2.24) is 4.98 Å². The minimum Gasteiger partial charge on any atom is -0.454 e. The van der Waals surface area contributed by atoms with Crippen molar-refractivity contribution in [3.05, 3.63) is 82.9 Å². The van der Waals surface area contributed by atoms with Gasteiger partial charge < -0.3 is 18.9 Å². The molecule has 30 heavy (non-hydrogen) atoms. The van der Waals surface area contributed by atoms with Crippen LogP contribution in [0.25, 0.3) is 6.08 Å². The van der Waals surface area contributed by atoms with Crippen molar-refractivity contribution in [2.24, 2.45) is 0 Å². The lowest BCUT2D eigenvalue weighted by atomic mass is 10.0. The van der Waals surface area contributed by atoms with Crippen LogP contribution >= 0.6 is 0 Å². The molecular formula is C23H15NO6. The van der Waals surface area contributed by atoms with Crippen molar-refractivity contribution < 1.29 is 28.5 Å². The van der Waals surface area contributed by atoms with E-state index in [1.807, 2.05) is 6.07 Å². The molecule has 0 fully saturated rings. The van der Waals surface area contributed by atoms with Crippen LogP contribution in [0, 0.1) is 6.92 Å². The van der Waals surface area contributed by atoms with Crippen molar-refractivity contribution >= 4 is 17.8 Å². The van der Waals surface area contributed by atoms with Gasteiger partial charge in [-0.05, 0) is 54.5 Å². The zero-order valence-electron chi connectivity index (χ0n) is 15.9. The molecule has 0 saturated carbocycles. The number of Topliss-reactive ketones (excluding diaryl/α,β-unsaturated/α-hetero) is 1. The summed E-state index contributed by atoms with van der Waals surface area (Å²) in [5.74, 6) is 1.37. The quantitative estimate of drug-likeness (QED) is 0.373. The van der Waals surface area contributed by atoms with Crippen LogP contribution in [-0.4, -0.2) is 23.5 Å². The van der Waals surface area contributed by atoms with E-state index < -0.39 is 5.97 Å². The number of pyridine rings is 1. The standard InChI is InChI=1S/C23H15NO6/c1-13-8-16(29-23(26)15-4-6-24-7-5-15)11-19-21(13)22(25)20(30-19)10-14-2-3-17-18(9-14)28-12-27-17/h2-11H,12H2,1H3/b20-10-. The predicted octanol–water partition coefficient (Wildman–Crippen LogP) is 3.95. The molecule has 3 heterocycles. The summed E-state index contributed by atoms with van der Waals surface area (Å²) in [5.41, 5.74) is 2.23. The number of allylic oxidation sites excluding steroid dienone is 1. The SMILES string of the molecule is Cc1cc(OC(=O)c2ccncc2)cc2c1C(=O)/C(=C/c1ccc3c(c1)OCO3)O2. The van der Waals surface area contributed by atoms with Crippen LogP contribution < -0.4 is 18.9 Å². The average Bonchev–Trinajstić information content (AvgIpc) is 3.33. The number of hydrogen-bond acceptors (Lipinski definition) is 7. The highest BCUT2D eigenvalue weighted by Crippen LogP contribution is 2.39. The highest BCUT2D eigenvalue weighted by Gasteiger charge is 2.30. The first-order chi connectivity index (χ1) is 14.6. The third-order valence-electron chi connectivity index (χ3n) is 4.76. The average molecular weight is 401 g/mol. The van der Waals surface area contributed by atoms with Gasteiger partial charge >= 0.3 is 5.97 Å². The van der Waals surface area contributed by atoms with Gasteiger partial charge in [0.1, 0.15) is 11.5 Å². The molecule has 2 aliphatic heterocycles. The Labute approximate surface area is 171 Å². The number of ketones is 1. The van der Waals surface area contributed by atoms with E-state index in [9.17, 15) is 9.59 Å². The lowest BCUT2D eigenvalue weighted by Crippen LogP contribution is -2.08. The van der Waals surface area contributed by atoms with Gasteiger partial charge in [-0.3, -0.25) is 9.78 Å². The second kappa shape index (κ2) is 7.04. The topological polar surface area (TPSA) is 84.0 Å². The predicted molar refractivity (Wildman–Crippen MR) is 106 cm³/mol. The molecule has 2 aliphatic rings. The molecule has 0 spiro atoms. The van der Waals surface area contributed by atoms with E-state index in [1.54, 1.807) is 49.4 Å². The Hall–Kier alpha value is -4.13. The van der Waals surface area contributed by atoms with Gasteiger partial charge in [0.15, 0.2) is 17.3 Å². The number of carbonyl (C=O) groups is 2. The summed E-state index contributed by atoms with van der Waals surface area (Å²) in [6.45, 7) is 1.95. The Bertz CT molecular complexity index is 1220. The van der Waals surface area contributed by atoms with E-state index in [-0.39, 0.29) is 18.3 Å². The van der Waals surface area contributed by atoms with Crippen molar-refractivity contribution in [1.29, 1.82) is 0 Å². The summed E-state index contributed by atoms with van der Waals surface area (Å²) in [5, 5.41) is 0. The van der Waals surface area contributed by atoms with Crippen molar-refractivity contribution in [3.63, 3.8) is 0 Å². The lowest BCUT2D eigenvalue weighted by molar-refractivity contribution is 0.0734. The summed E-state index contributed by atoms with van der Waals surface area (Å²) in [7, 11) is 0. The van der Waals surface area contributed by atoms with E-state index in [1.165, 1.54) is 12.4 Å². The monoisotopic (exact) mass is 401 g/mol. The van der Waals surface area contributed by atoms with Gasteiger partial charge in [-0.2, -0.15) is 0 Å². The molecule has 1 aromatic heterocycles. The fraction of sp³-hybridized carbons (Fsp3) is 0.0870. The summed E-state index contributed by atoms with van der Waals surface area (Å²) in [6.07, 6.45) is 4.67. The molecule has 7 heteroatoms. The van der Waals surface area contributed by atoms with Gasteiger partial charge in [0.2, 0.25) is 12.6 Å².